The Kier molecular flexibility index (Phi) is 5.67. The number of ether oxygens (including phenoxy) is 1. The summed E-state index contributed by atoms with van der Waals surface area (Å²) in [5.41, 5.74) is 1.23. The summed E-state index contributed by atoms with van der Waals surface area (Å²) in [6.07, 6.45) is 1.06. The molecular weight excluding hydrogens is 425 g/mol. The largest absolute Gasteiger partial charge is 0.482 e. The van der Waals surface area contributed by atoms with Crippen molar-refractivity contribution in [2.45, 2.75) is 24.7 Å². The summed E-state index contributed by atoms with van der Waals surface area (Å²) in [6, 6.07) is 8.54. The van der Waals surface area contributed by atoms with Crippen molar-refractivity contribution in [2.75, 3.05) is 30.3 Å². The van der Waals surface area contributed by atoms with Crippen molar-refractivity contribution in [3.8, 4) is 5.75 Å². The van der Waals surface area contributed by atoms with Crippen LogP contribution in [0.5, 0.6) is 5.75 Å². The molecule has 2 aromatic carbocycles. The molecule has 0 saturated carbocycles. The molecule has 1 saturated heterocycles. The second-order valence-corrected chi connectivity index (χ2v) is 9.56. The molecule has 0 bridgehead atoms. The number of benzene rings is 2. The predicted molar refractivity (Wildman–Crippen MR) is 112 cm³/mol. The molecule has 2 aliphatic rings. The molecule has 0 aliphatic carbocycles. The van der Waals surface area contributed by atoms with Crippen molar-refractivity contribution < 1.29 is 27.1 Å². The molecular formula is C21H22FN3O5S. The third-order valence-electron chi connectivity index (χ3n) is 5.37. The number of anilines is 2. The number of aryl methyl sites for hydroxylation is 1. The van der Waals surface area contributed by atoms with Crippen LogP contribution in [-0.2, 0) is 19.6 Å². The second-order valence-electron chi connectivity index (χ2n) is 7.65. The zero-order valence-electron chi connectivity index (χ0n) is 16.9. The van der Waals surface area contributed by atoms with E-state index >= 15 is 0 Å². The zero-order valence-corrected chi connectivity index (χ0v) is 17.7. The van der Waals surface area contributed by atoms with Gasteiger partial charge in [0, 0.05) is 24.8 Å². The molecule has 2 aliphatic heterocycles. The van der Waals surface area contributed by atoms with Gasteiger partial charge in [0.15, 0.2) is 6.61 Å². The molecule has 2 aromatic rings. The van der Waals surface area contributed by atoms with Crippen LogP contribution in [0.3, 0.4) is 0 Å². The van der Waals surface area contributed by atoms with E-state index in [0.29, 0.717) is 42.1 Å². The summed E-state index contributed by atoms with van der Waals surface area (Å²) in [5.74, 6) is -1.38. The van der Waals surface area contributed by atoms with E-state index in [4.69, 9.17) is 4.74 Å². The maximum absolute atomic E-state index is 13.4. The number of amides is 2. The first-order valence-corrected chi connectivity index (χ1v) is 11.3. The van der Waals surface area contributed by atoms with Gasteiger partial charge in [-0.1, -0.05) is 6.07 Å². The van der Waals surface area contributed by atoms with Crippen LogP contribution in [0.25, 0.3) is 0 Å². The number of hydrogen-bond acceptors (Lipinski definition) is 5. The summed E-state index contributed by atoms with van der Waals surface area (Å²) in [7, 11) is -3.89. The SMILES string of the molecule is Cc1cc2c(cc1S(=O)(=O)N1CCCC(C(=O)Nc3cccc(F)c3)C1)OCC(=O)N2. The molecule has 0 radical (unpaired) electrons. The van der Waals surface area contributed by atoms with Crippen LogP contribution in [0, 0.1) is 18.7 Å². The minimum atomic E-state index is -3.89. The van der Waals surface area contributed by atoms with Crippen molar-refractivity contribution in [2.24, 2.45) is 5.92 Å². The fourth-order valence-electron chi connectivity index (χ4n) is 3.82. The minimum Gasteiger partial charge on any atom is -0.482 e. The highest BCUT2D eigenvalue weighted by Gasteiger charge is 2.35. The number of carbonyl (C=O) groups excluding carboxylic acids is 2. The molecule has 2 N–H and O–H groups in total. The molecule has 0 aromatic heterocycles. The lowest BCUT2D eigenvalue weighted by Gasteiger charge is -2.32. The van der Waals surface area contributed by atoms with Gasteiger partial charge in [-0.2, -0.15) is 4.31 Å². The van der Waals surface area contributed by atoms with Gasteiger partial charge in [-0.15, -0.1) is 0 Å². The lowest BCUT2D eigenvalue weighted by atomic mass is 9.99. The van der Waals surface area contributed by atoms with E-state index in [1.165, 1.54) is 28.6 Å². The van der Waals surface area contributed by atoms with Crippen molar-refractivity contribution in [1.29, 1.82) is 0 Å². The highest BCUT2D eigenvalue weighted by Crippen LogP contribution is 2.35. The minimum absolute atomic E-state index is 0.0254. The molecule has 1 atom stereocenters. The first-order valence-electron chi connectivity index (χ1n) is 9.88. The molecule has 4 rings (SSSR count). The Hall–Kier alpha value is -2.98. The molecule has 0 spiro atoms. The van der Waals surface area contributed by atoms with Gasteiger partial charge < -0.3 is 15.4 Å². The van der Waals surface area contributed by atoms with Crippen LogP contribution < -0.4 is 15.4 Å². The van der Waals surface area contributed by atoms with Crippen molar-refractivity contribution in [3.05, 3.63) is 47.8 Å². The van der Waals surface area contributed by atoms with Gasteiger partial charge in [0.25, 0.3) is 5.91 Å². The monoisotopic (exact) mass is 447 g/mol. The van der Waals surface area contributed by atoms with Crippen molar-refractivity contribution in [3.63, 3.8) is 0 Å². The number of nitrogens with zero attached hydrogens (tertiary/aromatic N) is 1. The van der Waals surface area contributed by atoms with E-state index in [0.717, 1.165) is 0 Å². The lowest BCUT2D eigenvalue weighted by Crippen LogP contribution is -2.43. The molecule has 10 heteroatoms. The van der Waals surface area contributed by atoms with Gasteiger partial charge in [-0.25, -0.2) is 12.8 Å². The molecule has 164 valence electrons. The molecule has 2 heterocycles. The van der Waals surface area contributed by atoms with Crippen LogP contribution >= 0.6 is 0 Å². The third kappa shape index (κ3) is 4.40. The normalized spacial score (nSPS) is 19.2. The van der Waals surface area contributed by atoms with Gasteiger partial charge in [0.2, 0.25) is 15.9 Å². The zero-order chi connectivity index (χ0) is 22.2. The van der Waals surface area contributed by atoms with E-state index < -0.39 is 21.8 Å². The van der Waals surface area contributed by atoms with Gasteiger partial charge in [-0.3, -0.25) is 9.59 Å². The average Bonchev–Trinajstić information content (AvgIpc) is 2.73. The summed E-state index contributed by atoms with van der Waals surface area (Å²) in [5, 5.41) is 5.32. The number of rotatable bonds is 4. The number of piperidine rings is 1. The number of carbonyl (C=O) groups is 2. The topological polar surface area (TPSA) is 105 Å². The lowest BCUT2D eigenvalue weighted by molar-refractivity contribution is -0.121. The smallest absolute Gasteiger partial charge is 0.262 e. The second kappa shape index (κ2) is 8.27. The Labute approximate surface area is 179 Å². The van der Waals surface area contributed by atoms with Crippen LogP contribution in [-0.4, -0.2) is 44.2 Å². The first-order chi connectivity index (χ1) is 14.7. The third-order valence-corrected chi connectivity index (χ3v) is 7.38. The van der Waals surface area contributed by atoms with E-state index in [1.54, 1.807) is 19.1 Å². The highest BCUT2D eigenvalue weighted by atomic mass is 32.2. The van der Waals surface area contributed by atoms with Gasteiger partial charge in [-0.05, 0) is 49.6 Å². The van der Waals surface area contributed by atoms with Crippen molar-refractivity contribution >= 4 is 33.2 Å². The summed E-state index contributed by atoms with van der Waals surface area (Å²) < 4.78 is 46.7. The first kappa shape index (κ1) is 21.3. The van der Waals surface area contributed by atoms with Gasteiger partial charge >= 0.3 is 0 Å². The molecule has 8 nitrogen and oxygen atoms in total. The Balaban J connectivity index is 1.53. The molecule has 2 amide bonds. The van der Waals surface area contributed by atoms with Crippen LogP contribution in [0.15, 0.2) is 41.3 Å². The van der Waals surface area contributed by atoms with E-state index in [9.17, 15) is 22.4 Å². The van der Waals surface area contributed by atoms with Crippen LogP contribution in [0.2, 0.25) is 0 Å². The molecule has 1 unspecified atom stereocenters. The molecule has 31 heavy (non-hydrogen) atoms. The Morgan fingerprint density at radius 2 is 2.10 bits per heavy atom. The number of nitrogens with one attached hydrogen (secondary N) is 2. The highest BCUT2D eigenvalue weighted by molar-refractivity contribution is 7.89. The summed E-state index contributed by atoms with van der Waals surface area (Å²) in [6.45, 7) is 1.78. The van der Waals surface area contributed by atoms with Crippen molar-refractivity contribution in [1.82, 2.24) is 4.31 Å². The Bertz CT molecular complexity index is 1150. The number of sulfonamides is 1. The van der Waals surface area contributed by atoms with E-state index in [-0.39, 0.29) is 29.9 Å². The average molecular weight is 447 g/mol. The standard InChI is InChI=1S/C21H22FN3O5S/c1-13-8-17-18(30-12-20(26)24-17)10-19(13)31(28,29)25-7-3-4-14(11-25)21(27)23-16-6-2-5-15(22)9-16/h2,5-6,8-10,14H,3-4,7,11-12H2,1H3,(H,23,27)(H,24,26). The number of hydrogen-bond donors (Lipinski definition) is 2. The predicted octanol–water partition coefficient (Wildman–Crippen LogP) is 2.50. The Morgan fingerprint density at radius 1 is 1.29 bits per heavy atom. The van der Waals surface area contributed by atoms with Crippen LogP contribution in [0.1, 0.15) is 18.4 Å². The molecule has 1 fully saturated rings. The van der Waals surface area contributed by atoms with Crippen LogP contribution in [0.4, 0.5) is 15.8 Å². The quantitative estimate of drug-likeness (QED) is 0.749. The summed E-state index contributed by atoms with van der Waals surface area (Å²) in [4.78, 5) is 24.2. The fourth-order valence-corrected chi connectivity index (χ4v) is 5.56. The van der Waals surface area contributed by atoms with E-state index in [1.807, 2.05) is 0 Å². The van der Waals surface area contributed by atoms with E-state index in [2.05, 4.69) is 10.6 Å². The Morgan fingerprint density at radius 3 is 2.87 bits per heavy atom. The van der Waals surface area contributed by atoms with Gasteiger partial charge in [0.05, 0.1) is 16.5 Å². The number of halogens is 1. The summed E-state index contributed by atoms with van der Waals surface area (Å²) >= 11 is 0. The number of fused-ring (bicyclic) bond motifs is 1. The van der Waals surface area contributed by atoms with Gasteiger partial charge in [0.1, 0.15) is 11.6 Å². The fraction of sp³-hybridized carbons (Fsp3) is 0.333. The maximum atomic E-state index is 13.4. The maximum Gasteiger partial charge on any atom is 0.262 e.